The number of carbonyl (C=O) groups is 2. The lowest BCUT2D eigenvalue weighted by Crippen LogP contribution is -2.26. The third-order valence-corrected chi connectivity index (χ3v) is 9.18. The van der Waals surface area contributed by atoms with Crippen LogP contribution >= 0.6 is 23.1 Å². The first kappa shape index (κ1) is 26.0. The number of hydrogen-bond acceptors (Lipinski definition) is 7. The van der Waals surface area contributed by atoms with Crippen LogP contribution in [-0.2, 0) is 22.4 Å². The fraction of sp³-hybridized carbons (Fsp3) is 0.161. The molecule has 2 aromatic heterocycles. The topological polar surface area (TPSA) is 90.3 Å². The molecule has 0 saturated carbocycles. The van der Waals surface area contributed by atoms with Crippen LogP contribution in [0.15, 0.2) is 88.8 Å². The number of para-hydroxylation sites is 2. The van der Waals surface area contributed by atoms with Crippen molar-refractivity contribution < 1.29 is 14.3 Å². The zero-order valence-corrected chi connectivity index (χ0v) is 23.5. The summed E-state index contributed by atoms with van der Waals surface area (Å²) in [5.41, 5.74) is 4.63. The van der Waals surface area contributed by atoms with Crippen molar-refractivity contribution >= 4 is 50.9 Å². The molecule has 0 fully saturated rings. The number of thiophene rings is 1. The van der Waals surface area contributed by atoms with E-state index >= 15 is 0 Å². The summed E-state index contributed by atoms with van der Waals surface area (Å²) in [6, 6.07) is 24.6. The summed E-state index contributed by atoms with van der Waals surface area (Å²) in [6.07, 6.45) is 1.51. The minimum atomic E-state index is -0.625. The molecule has 0 saturated heterocycles. The van der Waals surface area contributed by atoms with E-state index in [2.05, 4.69) is 11.4 Å². The second kappa shape index (κ2) is 10.7. The van der Waals surface area contributed by atoms with Crippen LogP contribution in [0.3, 0.4) is 0 Å². The molecule has 1 N–H and O–H groups in total. The number of rotatable bonds is 6. The minimum Gasteiger partial charge on any atom is -0.465 e. The molecular formula is C31H25N3O4S2. The summed E-state index contributed by atoms with van der Waals surface area (Å²) in [5.74, 6) is -0.773. The van der Waals surface area contributed by atoms with Gasteiger partial charge in [0.05, 0.1) is 34.5 Å². The second-order valence-corrected chi connectivity index (χ2v) is 11.7. The van der Waals surface area contributed by atoms with Gasteiger partial charge < -0.3 is 10.1 Å². The predicted molar refractivity (Wildman–Crippen MR) is 160 cm³/mol. The molecule has 0 spiro atoms. The molecule has 0 radical (unpaired) electrons. The summed E-state index contributed by atoms with van der Waals surface area (Å²) in [7, 11) is 1.35. The number of carbonyl (C=O) groups excluding carboxylic acids is 2. The number of ether oxygens (including phenoxy) is 1. The van der Waals surface area contributed by atoms with E-state index in [0.717, 1.165) is 22.4 Å². The number of methoxy groups -OCH3 is 1. The van der Waals surface area contributed by atoms with Crippen molar-refractivity contribution in [2.24, 2.45) is 0 Å². The monoisotopic (exact) mass is 567 g/mol. The first-order chi connectivity index (χ1) is 19.5. The number of anilines is 1. The zero-order chi connectivity index (χ0) is 27.8. The Bertz CT molecular complexity index is 1830. The van der Waals surface area contributed by atoms with E-state index in [1.807, 2.05) is 60.7 Å². The maximum atomic E-state index is 13.5. The number of thioether (sulfide) groups is 1. The SMILES string of the molecule is COC(=O)c1c(NC(=O)C(C)Sc2nc3ccccc3c(=O)n2-c2ccccc2)sc2c1CCc1ccccc1-2. The van der Waals surface area contributed by atoms with Crippen LogP contribution in [0.1, 0.15) is 28.4 Å². The Morgan fingerprint density at radius 2 is 1.73 bits per heavy atom. The lowest BCUT2D eigenvalue weighted by Gasteiger charge is -2.17. The van der Waals surface area contributed by atoms with Gasteiger partial charge in [-0.3, -0.25) is 14.2 Å². The van der Waals surface area contributed by atoms with Gasteiger partial charge in [-0.15, -0.1) is 11.3 Å². The standard InChI is InChI=1S/C31H25N3O4S2/c1-18(39-31-32-24-15-9-8-14-22(24)29(36)34(31)20-11-4-3-5-12-20)27(35)33-28-25(30(37)38-2)23-17-16-19-10-6-7-13-21(19)26(23)40-28/h3-15,18H,16-17H2,1-2H3,(H,33,35). The Balaban J connectivity index is 1.35. The van der Waals surface area contributed by atoms with Crippen LogP contribution in [0.2, 0.25) is 0 Å². The van der Waals surface area contributed by atoms with Crippen LogP contribution in [0.4, 0.5) is 5.00 Å². The van der Waals surface area contributed by atoms with Crippen LogP contribution in [-0.4, -0.2) is 33.8 Å². The lowest BCUT2D eigenvalue weighted by atomic mass is 9.89. The third kappa shape index (κ3) is 4.61. The van der Waals surface area contributed by atoms with Gasteiger partial charge in [0.25, 0.3) is 5.56 Å². The molecule has 1 unspecified atom stereocenters. The van der Waals surface area contributed by atoms with Gasteiger partial charge in [-0.05, 0) is 60.7 Å². The molecule has 1 aliphatic rings. The van der Waals surface area contributed by atoms with Crippen molar-refractivity contribution in [1.29, 1.82) is 0 Å². The molecule has 40 heavy (non-hydrogen) atoms. The zero-order valence-electron chi connectivity index (χ0n) is 21.8. The highest BCUT2D eigenvalue weighted by Crippen LogP contribution is 2.45. The van der Waals surface area contributed by atoms with E-state index in [4.69, 9.17) is 9.72 Å². The quantitative estimate of drug-likeness (QED) is 0.151. The Hall–Kier alpha value is -4.21. The van der Waals surface area contributed by atoms with Crippen molar-refractivity contribution in [3.8, 4) is 16.1 Å². The average Bonchev–Trinajstić information content (AvgIpc) is 3.35. The fourth-order valence-corrected chi connectivity index (χ4v) is 7.20. The maximum absolute atomic E-state index is 13.5. The normalized spacial score (nSPS) is 12.8. The van der Waals surface area contributed by atoms with Gasteiger partial charge in [-0.2, -0.15) is 0 Å². The van der Waals surface area contributed by atoms with E-state index in [1.165, 1.54) is 40.3 Å². The summed E-state index contributed by atoms with van der Waals surface area (Å²) < 4.78 is 6.65. The largest absolute Gasteiger partial charge is 0.465 e. The number of amides is 1. The van der Waals surface area contributed by atoms with Crippen LogP contribution in [0.5, 0.6) is 0 Å². The molecular weight excluding hydrogens is 542 g/mol. The molecule has 3 aromatic carbocycles. The molecule has 5 aromatic rings. The number of esters is 1. The fourth-order valence-electron chi connectivity index (χ4n) is 4.97. The first-order valence-electron chi connectivity index (χ1n) is 12.8. The first-order valence-corrected chi connectivity index (χ1v) is 14.5. The molecule has 0 aliphatic heterocycles. The Morgan fingerprint density at radius 3 is 2.52 bits per heavy atom. The second-order valence-electron chi connectivity index (χ2n) is 9.40. The highest BCUT2D eigenvalue weighted by atomic mass is 32.2. The van der Waals surface area contributed by atoms with Crippen molar-refractivity contribution in [2.75, 3.05) is 12.4 Å². The Kier molecular flexibility index (Phi) is 7.00. The number of aromatic nitrogens is 2. The van der Waals surface area contributed by atoms with Crippen molar-refractivity contribution in [3.05, 3.63) is 106 Å². The van der Waals surface area contributed by atoms with Gasteiger partial charge >= 0.3 is 5.97 Å². The van der Waals surface area contributed by atoms with Crippen molar-refractivity contribution in [3.63, 3.8) is 0 Å². The molecule has 6 rings (SSSR count). The molecule has 2 heterocycles. The highest BCUT2D eigenvalue weighted by molar-refractivity contribution is 8.00. The van der Waals surface area contributed by atoms with E-state index < -0.39 is 11.2 Å². The maximum Gasteiger partial charge on any atom is 0.341 e. The summed E-state index contributed by atoms with van der Waals surface area (Å²) in [5, 5.41) is 3.74. The highest BCUT2D eigenvalue weighted by Gasteiger charge is 2.30. The van der Waals surface area contributed by atoms with Crippen LogP contribution in [0, 0.1) is 0 Å². The van der Waals surface area contributed by atoms with Crippen molar-refractivity contribution in [2.45, 2.75) is 30.2 Å². The Morgan fingerprint density at radius 1 is 1.00 bits per heavy atom. The molecule has 9 heteroatoms. The van der Waals surface area contributed by atoms with E-state index in [0.29, 0.717) is 38.7 Å². The van der Waals surface area contributed by atoms with Crippen LogP contribution in [0.25, 0.3) is 27.0 Å². The Labute approximate surface area is 238 Å². The number of hydrogen-bond donors (Lipinski definition) is 1. The van der Waals surface area contributed by atoms with Gasteiger partial charge in [0.15, 0.2) is 5.16 Å². The molecule has 1 atom stereocenters. The number of aryl methyl sites for hydroxylation is 1. The molecule has 1 amide bonds. The molecule has 0 bridgehead atoms. The lowest BCUT2D eigenvalue weighted by molar-refractivity contribution is -0.115. The third-order valence-electron chi connectivity index (χ3n) is 6.95. The van der Waals surface area contributed by atoms with Crippen LogP contribution < -0.4 is 10.9 Å². The summed E-state index contributed by atoms with van der Waals surface area (Å²) in [4.78, 5) is 45.7. The minimum absolute atomic E-state index is 0.204. The number of benzene rings is 3. The van der Waals surface area contributed by atoms with E-state index in [9.17, 15) is 14.4 Å². The average molecular weight is 568 g/mol. The van der Waals surface area contributed by atoms with Gasteiger partial charge in [-0.1, -0.05) is 66.4 Å². The molecule has 7 nitrogen and oxygen atoms in total. The molecule has 200 valence electrons. The van der Waals surface area contributed by atoms with Gasteiger partial charge in [0, 0.05) is 4.88 Å². The predicted octanol–water partition coefficient (Wildman–Crippen LogP) is 6.12. The molecule has 1 aliphatic carbocycles. The van der Waals surface area contributed by atoms with Crippen molar-refractivity contribution in [1.82, 2.24) is 9.55 Å². The summed E-state index contributed by atoms with van der Waals surface area (Å²) in [6.45, 7) is 1.76. The smallest absolute Gasteiger partial charge is 0.341 e. The van der Waals surface area contributed by atoms with Gasteiger partial charge in [0.1, 0.15) is 5.00 Å². The number of fused-ring (bicyclic) bond motifs is 4. The number of nitrogens with zero attached hydrogens (tertiary/aromatic N) is 2. The van der Waals surface area contributed by atoms with E-state index in [-0.39, 0.29) is 11.5 Å². The van der Waals surface area contributed by atoms with Gasteiger partial charge in [-0.25, -0.2) is 9.78 Å². The number of nitrogens with one attached hydrogen (secondary N) is 1. The summed E-state index contributed by atoms with van der Waals surface area (Å²) >= 11 is 2.58. The van der Waals surface area contributed by atoms with Gasteiger partial charge in [0.2, 0.25) is 5.91 Å². The van der Waals surface area contributed by atoms with E-state index in [1.54, 1.807) is 19.1 Å².